The molecule has 0 saturated carbocycles. The second kappa shape index (κ2) is 7.15. The smallest absolute Gasteiger partial charge is 0.262 e. The fraction of sp³-hybridized carbons (Fsp3) is 0.250. The summed E-state index contributed by atoms with van der Waals surface area (Å²) in [6, 6.07) is 6.53. The Morgan fingerprint density at radius 3 is 2.63 bits per heavy atom. The number of hydrogen-bond donors (Lipinski definition) is 1. The van der Waals surface area contributed by atoms with Gasteiger partial charge in [0.15, 0.2) is 5.82 Å². The van der Waals surface area contributed by atoms with E-state index in [2.05, 4.69) is 15.5 Å². The van der Waals surface area contributed by atoms with E-state index < -0.39 is 17.7 Å². The number of imide groups is 1. The molecule has 4 heterocycles. The van der Waals surface area contributed by atoms with Crippen LogP contribution < -0.4 is 5.32 Å². The lowest BCUT2D eigenvalue weighted by Gasteiger charge is -2.14. The summed E-state index contributed by atoms with van der Waals surface area (Å²) < 4.78 is 10.9. The number of fused-ring (bicyclic) bond motifs is 2. The Hall–Kier alpha value is -3.37. The third kappa shape index (κ3) is 3.01. The van der Waals surface area contributed by atoms with Crippen LogP contribution in [-0.4, -0.2) is 45.9 Å². The maximum atomic E-state index is 12.8. The SMILES string of the molecule is Cc1noc(-c2c(NC(=O)CN3C(=O)c4ccccc4C3=O)sc3c2CCOC3)n1. The fourth-order valence-corrected chi connectivity index (χ4v) is 4.83. The number of aryl methyl sites for hydroxylation is 1. The van der Waals surface area contributed by atoms with E-state index in [1.807, 2.05) is 0 Å². The molecule has 9 nitrogen and oxygen atoms in total. The van der Waals surface area contributed by atoms with Crippen LogP contribution in [0.5, 0.6) is 0 Å². The molecule has 2 aliphatic heterocycles. The molecule has 1 aromatic carbocycles. The van der Waals surface area contributed by atoms with Crippen molar-refractivity contribution in [3.05, 3.63) is 51.7 Å². The minimum Gasteiger partial charge on any atom is -0.376 e. The summed E-state index contributed by atoms with van der Waals surface area (Å²) in [6.07, 6.45) is 0.664. The highest BCUT2D eigenvalue weighted by atomic mass is 32.1. The lowest BCUT2D eigenvalue weighted by atomic mass is 10.1. The van der Waals surface area contributed by atoms with Gasteiger partial charge in [0.1, 0.15) is 11.5 Å². The molecule has 2 aliphatic rings. The van der Waals surface area contributed by atoms with E-state index in [-0.39, 0.29) is 6.54 Å². The molecule has 0 fully saturated rings. The number of aromatic nitrogens is 2. The molecule has 0 radical (unpaired) electrons. The number of carbonyl (C=O) groups is 3. The lowest BCUT2D eigenvalue weighted by molar-refractivity contribution is -0.116. The van der Waals surface area contributed by atoms with E-state index in [0.29, 0.717) is 53.0 Å². The van der Waals surface area contributed by atoms with Crippen molar-refractivity contribution < 1.29 is 23.6 Å². The number of thiophene rings is 1. The van der Waals surface area contributed by atoms with Gasteiger partial charge >= 0.3 is 0 Å². The molecule has 0 aliphatic carbocycles. The second-order valence-electron chi connectivity index (χ2n) is 6.95. The molecule has 3 amide bonds. The largest absolute Gasteiger partial charge is 0.376 e. The van der Waals surface area contributed by atoms with Crippen molar-refractivity contribution in [1.29, 1.82) is 0 Å². The highest BCUT2D eigenvalue weighted by Crippen LogP contribution is 2.42. The van der Waals surface area contributed by atoms with Gasteiger partial charge in [0, 0.05) is 4.88 Å². The maximum absolute atomic E-state index is 12.8. The van der Waals surface area contributed by atoms with Crippen molar-refractivity contribution in [1.82, 2.24) is 15.0 Å². The van der Waals surface area contributed by atoms with Gasteiger partial charge in [0.25, 0.3) is 17.7 Å². The predicted octanol–water partition coefficient (Wildman–Crippen LogP) is 2.41. The Labute approximate surface area is 174 Å². The average molecular weight is 424 g/mol. The lowest BCUT2D eigenvalue weighted by Crippen LogP contribution is -2.37. The van der Waals surface area contributed by atoms with Crippen LogP contribution >= 0.6 is 11.3 Å². The number of ether oxygens (including phenoxy) is 1. The molecule has 0 saturated heterocycles. The van der Waals surface area contributed by atoms with E-state index in [0.717, 1.165) is 15.3 Å². The van der Waals surface area contributed by atoms with Gasteiger partial charge in [0.2, 0.25) is 5.91 Å². The Bertz CT molecular complexity index is 1160. The molecule has 5 rings (SSSR count). The number of benzene rings is 1. The molecular weight excluding hydrogens is 408 g/mol. The van der Waals surface area contributed by atoms with Crippen molar-refractivity contribution in [3.8, 4) is 11.5 Å². The molecule has 0 spiro atoms. The Morgan fingerprint density at radius 1 is 1.23 bits per heavy atom. The summed E-state index contributed by atoms with van der Waals surface area (Å²) in [4.78, 5) is 44.0. The average Bonchev–Trinajstić information content (AvgIpc) is 3.39. The normalized spacial score (nSPS) is 15.3. The quantitative estimate of drug-likeness (QED) is 0.640. The van der Waals surface area contributed by atoms with Crippen LogP contribution in [0.1, 0.15) is 37.0 Å². The molecule has 10 heteroatoms. The van der Waals surface area contributed by atoms with E-state index in [1.165, 1.54) is 11.3 Å². The number of nitrogens with one attached hydrogen (secondary N) is 1. The molecule has 0 atom stereocenters. The minimum atomic E-state index is -0.485. The number of anilines is 1. The Morgan fingerprint density at radius 2 is 1.97 bits per heavy atom. The number of carbonyl (C=O) groups excluding carboxylic acids is 3. The summed E-state index contributed by atoms with van der Waals surface area (Å²) in [5.74, 6) is -0.625. The second-order valence-corrected chi connectivity index (χ2v) is 8.05. The van der Waals surface area contributed by atoms with E-state index >= 15 is 0 Å². The zero-order chi connectivity index (χ0) is 20.8. The first kappa shape index (κ1) is 18.6. The van der Waals surface area contributed by atoms with Crippen LogP contribution in [-0.2, 0) is 22.6 Å². The topological polar surface area (TPSA) is 115 Å². The Kier molecular flexibility index (Phi) is 4.44. The van der Waals surface area contributed by atoms with Gasteiger partial charge < -0.3 is 14.6 Å². The summed E-state index contributed by atoms with van der Waals surface area (Å²) in [7, 11) is 0. The van der Waals surface area contributed by atoms with Crippen LogP contribution in [0, 0.1) is 6.92 Å². The third-order valence-electron chi connectivity index (χ3n) is 4.99. The molecule has 1 N–H and O–H groups in total. The van der Waals surface area contributed by atoms with Gasteiger partial charge in [0.05, 0.1) is 29.9 Å². The van der Waals surface area contributed by atoms with Gasteiger partial charge in [-0.1, -0.05) is 17.3 Å². The number of nitrogens with zero attached hydrogens (tertiary/aromatic N) is 3. The van der Waals surface area contributed by atoms with Gasteiger partial charge in [-0.2, -0.15) is 4.98 Å². The van der Waals surface area contributed by atoms with Gasteiger partial charge in [-0.05, 0) is 31.0 Å². The summed E-state index contributed by atoms with van der Waals surface area (Å²) in [5.41, 5.74) is 2.29. The van der Waals surface area contributed by atoms with Gasteiger partial charge in [-0.15, -0.1) is 11.3 Å². The molecule has 0 unspecified atom stereocenters. The van der Waals surface area contributed by atoms with Crippen molar-refractivity contribution in [2.75, 3.05) is 18.5 Å². The van der Waals surface area contributed by atoms with E-state index in [9.17, 15) is 14.4 Å². The molecule has 152 valence electrons. The van der Waals surface area contributed by atoms with Crippen LogP contribution in [0.15, 0.2) is 28.8 Å². The monoisotopic (exact) mass is 424 g/mol. The van der Waals surface area contributed by atoms with Crippen LogP contribution in [0.25, 0.3) is 11.5 Å². The standard InChI is InChI=1S/C20H16N4O5S/c1-10-21-17(29-23-10)16-13-6-7-28-9-14(13)30-18(16)22-15(25)8-24-19(26)11-4-2-3-5-12(11)20(24)27/h2-5H,6-9H2,1H3,(H,22,25). The highest BCUT2D eigenvalue weighted by molar-refractivity contribution is 7.17. The predicted molar refractivity (Wildman–Crippen MR) is 106 cm³/mol. The number of hydrogen-bond acceptors (Lipinski definition) is 8. The van der Waals surface area contributed by atoms with Crippen LogP contribution in [0.3, 0.4) is 0 Å². The van der Waals surface area contributed by atoms with Crippen LogP contribution in [0.4, 0.5) is 5.00 Å². The van der Waals surface area contributed by atoms with Crippen LogP contribution in [0.2, 0.25) is 0 Å². The minimum absolute atomic E-state index is 0.307. The number of rotatable bonds is 4. The molecular formula is C20H16N4O5S. The maximum Gasteiger partial charge on any atom is 0.262 e. The molecule has 30 heavy (non-hydrogen) atoms. The van der Waals surface area contributed by atoms with Crippen molar-refractivity contribution in [2.45, 2.75) is 20.0 Å². The zero-order valence-electron chi connectivity index (χ0n) is 15.9. The summed E-state index contributed by atoms with van der Waals surface area (Å²) in [5, 5.41) is 7.20. The van der Waals surface area contributed by atoms with Crippen molar-refractivity contribution >= 4 is 34.1 Å². The van der Waals surface area contributed by atoms with Gasteiger partial charge in [-0.25, -0.2) is 0 Å². The summed E-state index contributed by atoms with van der Waals surface area (Å²) in [6.45, 7) is 2.34. The first-order valence-electron chi connectivity index (χ1n) is 9.31. The molecule has 3 aromatic rings. The molecule has 0 bridgehead atoms. The first-order valence-corrected chi connectivity index (χ1v) is 10.1. The zero-order valence-corrected chi connectivity index (χ0v) is 16.7. The van der Waals surface area contributed by atoms with E-state index in [1.54, 1.807) is 31.2 Å². The Balaban J connectivity index is 1.41. The molecule has 2 aromatic heterocycles. The van der Waals surface area contributed by atoms with Gasteiger partial charge in [-0.3, -0.25) is 19.3 Å². The summed E-state index contributed by atoms with van der Waals surface area (Å²) >= 11 is 1.37. The van der Waals surface area contributed by atoms with E-state index in [4.69, 9.17) is 9.26 Å². The number of amides is 3. The first-order chi connectivity index (χ1) is 14.5. The van der Waals surface area contributed by atoms with Crippen molar-refractivity contribution in [2.24, 2.45) is 0 Å². The fourth-order valence-electron chi connectivity index (χ4n) is 3.64. The highest BCUT2D eigenvalue weighted by Gasteiger charge is 2.36. The van der Waals surface area contributed by atoms with Crippen molar-refractivity contribution in [3.63, 3.8) is 0 Å². The third-order valence-corrected chi connectivity index (χ3v) is 6.12.